The van der Waals surface area contributed by atoms with Crippen molar-refractivity contribution < 1.29 is 0 Å². The fraction of sp³-hybridized carbons (Fsp3) is 1.00. The fourth-order valence-electron chi connectivity index (χ4n) is 3.19. The van der Waals surface area contributed by atoms with Crippen molar-refractivity contribution >= 4 is 0 Å². The van der Waals surface area contributed by atoms with Crippen molar-refractivity contribution in [1.82, 2.24) is 0 Å². The molecule has 1 heteroatoms. The second-order valence-electron chi connectivity index (χ2n) is 4.84. The Balaban J connectivity index is 2.03. The molecule has 2 saturated carbocycles. The standard InChI is InChI=1S/C11H21N/c1-8-6-7-9-4-2-3-5-10(9)11(8)12/h8-11H,2-7,12H2,1H3/t8-,9-,10+,11+/m1/s1. The molecule has 2 aliphatic rings. The van der Waals surface area contributed by atoms with Gasteiger partial charge in [-0.2, -0.15) is 0 Å². The second kappa shape index (κ2) is 3.37. The third-order valence-corrected chi connectivity index (χ3v) is 4.11. The Morgan fingerprint density at radius 2 is 1.75 bits per heavy atom. The predicted octanol–water partition coefficient (Wildman–Crippen LogP) is 2.55. The first kappa shape index (κ1) is 8.55. The summed E-state index contributed by atoms with van der Waals surface area (Å²) in [7, 11) is 0. The van der Waals surface area contributed by atoms with Crippen molar-refractivity contribution in [2.45, 2.75) is 51.5 Å². The molecule has 0 radical (unpaired) electrons. The summed E-state index contributed by atoms with van der Waals surface area (Å²) in [6, 6.07) is 0.518. The van der Waals surface area contributed by atoms with Crippen LogP contribution in [0.3, 0.4) is 0 Å². The minimum atomic E-state index is 0.518. The maximum Gasteiger partial charge on any atom is 0.00956 e. The second-order valence-corrected chi connectivity index (χ2v) is 4.84. The molecule has 4 atom stereocenters. The quantitative estimate of drug-likeness (QED) is 0.589. The SMILES string of the molecule is C[C@@H]1CC[C@H]2CCCC[C@@H]2[C@H]1N. The van der Waals surface area contributed by atoms with E-state index in [2.05, 4.69) is 6.92 Å². The molecular weight excluding hydrogens is 146 g/mol. The van der Waals surface area contributed by atoms with E-state index in [1.54, 1.807) is 0 Å². The molecule has 2 rings (SSSR count). The summed E-state index contributed by atoms with van der Waals surface area (Å²) in [6.07, 6.45) is 8.60. The van der Waals surface area contributed by atoms with Crippen LogP contribution in [0, 0.1) is 17.8 Å². The number of nitrogens with two attached hydrogens (primary N) is 1. The van der Waals surface area contributed by atoms with E-state index in [1.807, 2.05) is 0 Å². The molecule has 0 saturated heterocycles. The average molecular weight is 167 g/mol. The molecule has 0 aliphatic heterocycles. The highest BCUT2D eigenvalue weighted by Gasteiger charge is 2.36. The van der Waals surface area contributed by atoms with Crippen molar-refractivity contribution in [3.63, 3.8) is 0 Å². The van der Waals surface area contributed by atoms with E-state index < -0.39 is 0 Å². The fourth-order valence-corrected chi connectivity index (χ4v) is 3.19. The van der Waals surface area contributed by atoms with Gasteiger partial charge < -0.3 is 5.73 Å². The van der Waals surface area contributed by atoms with Gasteiger partial charge in [-0.3, -0.25) is 0 Å². The first-order valence-electron chi connectivity index (χ1n) is 5.54. The van der Waals surface area contributed by atoms with E-state index in [4.69, 9.17) is 5.73 Å². The Morgan fingerprint density at radius 1 is 1.00 bits per heavy atom. The zero-order valence-electron chi connectivity index (χ0n) is 8.13. The summed E-state index contributed by atoms with van der Waals surface area (Å²) in [5.74, 6) is 2.65. The molecule has 12 heavy (non-hydrogen) atoms. The Bertz CT molecular complexity index is 153. The summed E-state index contributed by atoms with van der Waals surface area (Å²) in [5.41, 5.74) is 6.23. The maximum atomic E-state index is 6.23. The van der Waals surface area contributed by atoms with Gasteiger partial charge in [-0.1, -0.05) is 26.2 Å². The van der Waals surface area contributed by atoms with Gasteiger partial charge in [0.1, 0.15) is 0 Å². The van der Waals surface area contributed by atoms with E-state index in [1.165, 1.54) is 38.5 Å². The zero-order valence-corrected chi connectivity index (χ0v) is 8.13. The van der Waals surface area contributed by atoms with Crippen molar-refractivity contribution in [1.29, 1.82) is 0 Å². The topological polar surface area (TPSA) is 26.0 Å². The van der Waals surface area contributed by atoms with E-state index in [0.717, 1.165) is 17.8 Å². The van der Waals surface area contributed by atoms with Crippen LogP contribution in [0.5, 0.6) is 0 Å². The predicted molar refractivity (Wildman–Crippen MR) is 51.8 cm³/mol. The van der Waals surface area contributed by atoms with E-state index in [-0.39, 0.29) is 0 Å². The highest BCUT2D eigenvalue weighted by atomic mass is 14.7. The molecule has 0 heterocycles. The first-order valence-corrected chi connectivity index (χ1v) is 5.54. The van der Waals surface area contributed by atoms with Crippen molar-refractivity contribution in [3.05, 3.63) is 0 Å². The minimum Gasteiger partial charge on any atom is -0.327 e. The molecule has 0 unspecified atom stereocenters. The molecule has 70 valence electrons. The number of hydrogen-bond acceptors (Lipinski definition) is 1. The number of rotatable bonds is 0. The van der Waals surface area contributed by atoms with Crippen molar-refractivity contribution in [2.75, 3.05) is 0 Å². The van der Waals surface area contributed by atoms with Crippen LogP contribution in [-0.4, -0.2) is 6.04 Å². The van der Waals surface area contributed by atoms with Crippen LogP contribution >= 0.6 is 0 Å². The summed E-state index contributed by atoms with van der Waals surface area (Å²) in [5, 5.41) is 0. The lowest BCUT2D eigenvalue weighted by Gasteiger charge is -2.43. The van der Waals surface area contributed by atoms with Crippen LogP contribution in [0.15, 0.2) is 0 Å². The van der Waals surface area contributed by atoms with Crippen molar-refractivity contribution in [2.24, 2.45) is 23.5 Å². The summed E-state index contributed by atoms with van der Waals surface area (Å²) < 4.78 is 0. The average Bonchev–Trinajstić information content (AvgIpc) is 2.12. The third-order valence-electron chi connectivity index (χ3n) is 4.11. The van der Waals surface area contributed by atoms with Crippen LogP contribution in [0.1, 0.15) is 45.4 Å². The lowest BCUT2D eigenvalue weighted by molar-refractivity contribution is 0.109. The molecule has 0 amide bonds. The lowest BCUT2D eigenvalue weighted by atomic mass is 9.65. The molecule has 2 fully saturated rings. The van der Waals surface area contributed by atoms with Gasteiger partial charge in [-0.15, -0.1) is 0 Å². The van der Waals surface area contributed by atoms with Crippen LogP contribution in [0.4, 0.5) is 0 Å². The van der Waals surface area contributed by atoms with Crippen molar-refractivity contribution in [3.8, 4) is 0 Å². The van der Waals surface area contributed by atoms with Gasteiger partial charge >= 0.3 is 0 Å². The summed E-state index contributed by atoms with van der Waals surface area (Å²) >= 11 is 0. The van der Waals surface area contributed by atoms with E-state index in [0.29, 0.717) is 6.04 Å². The molecule has 1 nitrogen and oxygen atoms in total. The van der Waals surface area contributed by atoms with Gasteiger partial charge in [0.05, 0.1) is 0 Å². The summed E-state index contributed by atoms with van der Waals surface area (Å²) in [6.45, 7) is 2.33. The molecule has 2 aliphatic carbocycles. The monoisotopic (exact) mass is 167 g/mol. The normalized spacial score (nSPS) is 48.5. The molecule has 2 N–H and O–H groups in total. The van der Waals surface area contributed by atoms with Crippen LogP contribution in [0.2, 0.25) is 0 Å². The first-order chi connectivity index (χ1) is 5.79. The Labute approximate surface area is 75.7 Å². The highest BCUT2D eigenvalue weighted by Crippen LogP contribution is 2.41. The lowest BCUT2D eigenvalue weighted by Crippen LogP contribution is -2.45. The van der Waals surface area contributed by atoms with Gasteiger partial charge in [-0.05, 0) is 37.0 Å². The largest absolute Gasteiger partial charge is 0.327 e. The molecule has 0 spiro atoms. The molecule has 0 aromatic rings. The van der Waals surface area contributed by atoms with Crippen LogP contribution in [0.25, 0.3) is 0 Å². The molecule has 0 bridgehead atoms. The zero-order chi connectivity index (χ0) is 8.55. The Kier molecular flexibility index (Phi) is 2.40. The molecular formula is C11H21N. The van der Waals surface area contributed by atoms with Crippen LogP contribution in [-0.2, 0) is 0 Å². The summed E-state index contributed by atoms with van der Waals surface area (Å²) in [4.78, 5) is 0. The van der Waals surface area contributed by atoms with E-state index in [9.17, 15) is 0 Å². The number of fused-ring (bicyclic) bond motifs is 1. The number of hydrogen-bond donors (Lipinski definition) is 1. The Morgan fingerprint density at radius 3 is 2.58 bits per heavy atom. The van der Waals surface area contributed by atoms with Gasteiger partial charge in [-0.25, -0.2) is 0 Å². The third kappa shape index (κ3) is 1.39. The Hall–Kier alpha value is -0.0400. The highest BCUT2D eigenvalue weighted by molar-refractivity contribution is 4.90. The van der Waals surface area contributed by atoms with Crippen LogP contribution < -0.4 is 5.73 Å². The van der Waals surface area contributed by atoms with Gasteiger partial charge in [0, 0.05) is 6.04 Å². The molecule has 0 aromatic carbocycles. The van der Waals surface area contributed by atoms with E-state index >= 15 is 0 Å². The van der Waals surface area contributed by atoms with Gasteiger partial charge in [0.2, 0.25) is 0 Å². The molecule has 0 aromatic heterocycles. The smallest absolute Gasteiger partial charge is 0.00956 e. The maximum absolute atomic E-state index is 6.23. The van der Waals surface area contributed by atoms with Gasteiger partial charge in [0.15, 0.2) is 0 Å². The van der Waals surface area contributed by atoms with Gasteiger partial charge in [0.25, 0.3) is 0 Å². The minimum absolute atomic E-state index is 0.518.